The van der Waals surface area contributed by atoms with Crippen LogP contribution < -0.4 is 10.6 Å². The standard InChI is InChI=1S/C11H16N4O3/c1-18-10(16)7-15-6-9(5-12-15)14-11(17)13-8-3-2-4-8/h5-6,8H,2-4,7H2,1H3,(H2,13,14,17). The minimum absolute atomic E-state index is 0.0302. The van der Waals surface area contributed by atoms with Crippen molar-refractivity contribution in [2.75, 3.05) is 12.4 Å². The van der Waals surface area contributed by atoms with E-state index in [2.05, 4.69) is 20.5 Å². The van der Waals surface area contributed by atoms with Gasteiger partial charge in [0.1, 0.15) is 6.54 Å². The second-order valence-electron chi connectivity index (χ2n) is 4.23. The summed E-state index contributed by atoms with van der Waals surface area (Å²) >= 11 is 0. The van der Waals surface area contributed by atoms with Crippen LogP contribution in [0.2, 0.25) is 0 Å². The predicted molar refractivity (Wildman–Crippen MR) is 64.0 cm³/mol. The lowest BCUT2D eigenvalue weighted by Gasteiger charge is -2.26. The van der Waals surface area contributed by atoms with Crippen molar-refractivity contribution in [2.45, 2.75) is 31.8 Å². The van der Waals surface area contributed by atoms with Crippen LogP contribution in [0.1, 0.15) is 19.3 Å². The normalized spacial score (nSPS) is 14.7. The van der Waals surface area contributed by atoms with Crippen LogP contribution in [-0.4, -0.2) is 34.9 Å². The minimum atomic E-state index is -0.386. The van der Waals surface area contributed by atoms with Crippen molar-refractivity contribution in [2.24, 2.45) is 0 Å². The smallest absolute Gasteiger partial charge is 0.327 e. The SMILES string of the molecule is COC(=O)Cn1cc(NC(=O)NC2CCC2)cn1. The molecule has 0 saturated heterocycles. The van der Waals surface area contributed by atoms with Crippen molar-refractivity contribution < 1.29 is 14.3 Å². The van der Waals surface area contributed by atoms with E-state index in [0.29, 0.717) is 5.69 Å². The number of esters is 1. The summed E-state index contributed by atoms with van der Waals surface area (Å²) in [7, 11) is 1.32. The predicted octanol–water partition coefficient (Wildman–Crippen LogP) is 0.730. The molecular formula is C11H16N4O3. The van der Waals surface area contributed by atoms with E-state index >= 15 is 0 Å². The van der Waals surface area contributed by atoms with Crippen molar-refractivity contribution in [3.63, 3.8) is 0 Å². The van der Waals surface area contributed by atoms with E-state index in [1.165, 1.54) is 24.4 Å². The lowest BCUT2D eigenvalue weighted by molar-refractivity contribution is -0.141. The lowest BCUT2D eigenvalue weighted by atomic mass is 9.93. The largest absolute Gasteiger partial charge is 0.468 e. The number of hydrogen-bond acceptors (Lipinski definition) is 4. The van der Waals surface area contributed by atoms with Crippen LogP contribution in [-0.2, 0) is 16.1 Å². The van der Waals surface area contributed by atoms with Crippen LogP contribution in [0.15, 0.2) is 12.4 Å². The molecule has 1 heterocycles. The fraction of sp³-hybridized carbons (Fsp3) is 0.545. The molecule has 1 aliphatic rings. The molecule has 0 bridgehead atoms. The van der Waals surface area contributed by atoms with Gasteiger partial charge in [0.15, 0.2) is 0 Å². The first-order valence-electron chi connectivity index (χ1n) is 5.84. The van der Waals surface area contributed by atoms with E-state index in [4.69, 9.17) is 0 Å². The zero-order valence-electron chi connectivity index (χ0n) is 10.2. The van der Waals surface area contributed by atoms with E-state index < -0.39 is 0 Å². The fourth-order valence-corrected chi connectivity index (χ4v) is 1.62. The highest BCUT2D eigenvalue weighted by molar-refractivity contribution is 5.89. The Bertz CT molecular complexity index is 439. The van der Waals surface area contributed by atoms with Crippen LogP contribution in [0.25, 0.3) is 0 Å². The van der Waals surface area contributed by atoms with E-state index in [-0.39, 0.29) is 24.6 Å². The van der Waals surface area contributed by atoms with Crippen LogP contribution in [0.4, 0.5) is 10.5 Å². The third kappa shape index (κ3) is 3.22. The highest BCUT2D eigenvalue weighted by Gasteiger charge is 2.19. The van der Waals surface area contributed by atoms with Gasteiger partial charge < -0.3 is 15.4 Å². The molecule has 0 aliphatic heterocycles. The van der Waals surface area contributed by atoms with Gasteiger partial charge in [-0.25, -0.2) is 4.79 Å². The third-order valence-electron chi connectivity index (χ3n) is 2.85. The Labute approximate surface area is 104 Å². The summed E-state index contributed by atoms with van der Waals surface area (Å²) in [6.45, 7) is 0.0302. The van der Waals surface area contributed by atoms with Crippen LogP contribution in [0.3, 0.4) is 0 Å². The molecule has 1 fully saturated rings. The molecule has 2 amide bonds. The third-order valence-corrected chi connectivity index (χ3v) is 2.85. The van der Waals surface area contributed by atoms with Gasteiger partial charge in [-0.1, -0.05) is 0 Å². The van der Waals surface area contributed by atoms with Gasteiger partial charge in [-0.2, -0.15) is 5.10 Å². The molecule has 2 N–H and O–H groups in total. The first kappa shape index (κ1) is 12.4. The number of carbonyl (C=O) groups is 2. The maximum atomic E-state index is 11.6. The molecule has 0 atom stereocenters. The summed E-state index contributed by atoms with van der Waals surface area (Å²) < 4.78 is 5.93. The first-order valence-corrected chi connectivity index (χ1v) is 5.84. The molecule has 0 spiro atoms. The molecule has 0 radical (unpaired) electrons. The van der Waals surface area contributed by atoms with Gasteiger partial charge in [0.2, 0.25) is 0 Å². The topological polar surface area (TPSA) is 85.2 Å². The van der Waals surface area contributed by atoms with E-state index in [1.54, 1.807) is 6.20 Å². The number of anilines is 1. The summed E-state index contributed by atoms with van der Waals surface area (Å²) in [5, 5.41) is 9.46. The number of amides is 2. The molecule has 18 heavy (non-hydrogen) atoms. The Morgan fingerprint density at radius 3 is 2.94 bits per heavy atom. The van der Waals surface area contributed by atoms with Gasteiger partial charge in [-0.3, -0.25) is 9.48 Å². The average Bonchev–Trinajstić information content (AvgIpc) is 2.71. The fourth-order valence-electron chi connectivity index (χ4n) is 1.62. The van der Waals surface area contributed by atoms with Gasteiger partial charge >= 0.3 is 12.0 Å². The molecule has 7 nitrogen and oxygen atoms in total. The number of hydrogen-bond donors (Lipinski definition) is 2. The number of ether oxygens (including phenoxy) is 1. The molecule has 0 aromatic carbocycles. The van der Waals surface area contributed by atoms with E-state index in [0.717, 1.165) is 12.8 Å². The maximum absolute atomic E-state index is 11.6. The summed E-state index contributed by atoms with van der Waals surface area (Å²) in [5.41, 5.74) is 0.552. The molecular weight excluding hydrogens is 236 g/mol. The van der Waals surface area contributed by atoms with Crippen LogP contribution >= 0.6 is 0 Å². The van der Waals surface area contributed by atoms with Crippen molar-refractivity contribution in [1.82, 2.24) is 15.1 Å². The average molecular weight is 252 g/mol. The Balaban J connectivity index is 1.81. The van der Waals surface area contributed by atoms with Gasteiger partial charge in [0.05, 0.1) is 19.0 Å². The number of nitrogens with one attached hydrogen (secondary N) is 2. The van der Waals surface area contributed by atoms with E-state index in [9.17, 15) is 9.59 Å². The number of aromatic nitrogens is 2. The maximum Gasteiger partial charge on any atom is 0.327 e. The summed E-state index contributed by atoms with van der Waals surface area (Å²) in [5.74, 6) is -0.386. The van der Waals surface area contributed by atoms with Gasteiger partial charge in [-0.05, 0) is 19.3 Å². The second kappa shape index (κ2) is 5.52. The highest BCUT2D eigenvalue weighted by atomic mass is 16.5. The molecule has 7 heteroatoms. The van der Waals surface area contributed by atoms with Gasteiger partial charge in [-0.15, -0.1) is 0 Å². The van der Waals surface area contributed by atoms with E-state index in [1.807, 2.05) is 0 Å². The van der Waals surface area contributed by atoms with Crippen molar-refractivity contribution in [3.05, 3.63) is 12.4 Å². The molecule has 1 aromatic heterocycles. The highest BCUT2D eigenvalue weighted by Crippen LogP contribution is 2.18. The monoisotopic (exact) mass is 252 g/mol. The van der Waals surface area contributed by atoms with Crippen molar-refractivity contribution in [1.29, 1.82) is 0 Å². The lowest BCUT2D eigenvalue weighted by Crippen LogP contribution is -2.41. The Morgan fingerprint density at radius 2 is 2.33 bits per heavy atom. The number of methoxy groups -OCH3 is 1. The zero-order valence-corrected chi connectivity index (χ0v) is 10.2. The minimum Gasteiger partial charge on any atom is -0.468 e. The van der Waals surface area contributed by atoms with Crippen molar-refractivity contribution in [3.8, 4) is 0 Å². The van der Waals surface area contributed by atoms with Crippen molar-refractivity contribution >= 4 is 17.7 Å². The first-order chi connectivity index (χ1) is 8.67. The van der Waals surface area contributed by atoms with Gasteiger partial charge in [0.25, 0.3) is 0 Å². The van der Waals surface area contributed by atoms with Crippen LogP contribution in [0, 0.1) is 0 Å². The molecule has 1 saturated carbocycles. The number of carbonyl (C=O) groups excluding carboxylic acids is 2. The number of nitrogens with zero attached hydrogens (tertiary/aromatic N) is 2. The summed E-state index contributed by atoms with van der Waals surface area (Å²) in [4.78, 5) is 22.6. The van der Waals surface area contributed by atoms with Gasteiger partial charge in [0, 0.05) is 12.2 Å². The molecule has 98 valence electrons. The molecule has 0 unspecified atom stereocenters. The Kier molecular flexibility index (Phi) is 3.81. The Hall–Kier alpha value is -2.05. The number of urea groups is 1. The summed E-state index contributed by atoms with van der Waals surface area (Å²) in [6, 6.07) is 0.0485. The summed E-state index contributed by atoms with van der Waals surface area (Å²) in [6.07, 6.45) is 6.31. The second-order valence-corrected chi connectivity index (χ2v) is 4.23. The molecule has 1 aliphatic carbocycles. The van der Waals surface area contributed by atoms with Crippen LogP contribution in [0.5, 0.6) is 0 Å². The molecule has 2 rings (SSSR count). The quantitative estimate of drug-likeness (QED) is 0.773. The molecule has 1 aromatic rings. The number of rotatable bonds is 4. The Morgan fingerprint density at radius 1 is 1.56 bits per heavy atom. The zero-order chi connectivity index (χ0) is 13.0.